The Labute approximate surface area is 118 Å². The average Bonchev–Trinajstić information content (AvgIpc) is 2.81. The summed E-state index contributed by atoms with van der Waals surface area (Å²) >= 11 is 0. The molecule has 1 saturated heterocycles. The van der Waals surface area contributed by atoms with E-state index in [1.165, 1.54) is 0 Å². The molecule has 0 radical (unpaired) electrons. The van der Waals surface area contributed by atoms with Gasteiger partial charge in [0.05, 0.1) is 12.2 Å². The number of aryl methyl sites for hydroxylation is 1. The van der Waals surface area contributed by atoms with Gasteiger partial charge in [0.2, 0.25) is 11.8 Å². The Morgan fingerprint density at radius 3 is 2.70 bits per heavy atom. The first kappa shape index (κ1) is 14.6. The number of hydrogen-bond acceptors (Lipinski definition) is 4. The lowest BCUT2D eigenvalue weighted by molar-refractivity contribution is -0.150. The van der Waals surface area contributed by atoms with Crippen LogP contribution in [0.3, 0.4) is 0 Å². The minimum absolute atomic E-state index is 0.0349. The molecule has 2 amide bonds. The number of carbonyl (C=O) groups excluding carboxylic acids is 2. The molecule has 2 unspecified atom stereocenters. The molecule has 0 bridgehead atoms. The van der Waals surface area contributed by atoms with Gasteiger partial charge in [-0.1, -0.05) is 25.4 Å². The zero-order chi connectivity index (χ0) is 14.7. The van der Waals surface area contributed by atoms with Crippen molar-refractivity contribution < 1.29 is 14.1 Å². The Balaban J connectivity index is 2.19. The summed E-state index contributed by atoms with van der Waals surface area (Å²) in [4.78, 5) is 26.2. The van der Waals surface area contributed by atoms with Crippen LogP contribution in [-0.4, -0.2) is 34.0 Å². The molecule has 110 valence electrons. The number of hydrogen-bond donors (Lipinski definition) is 1. The normalized spacial score (nSPS) is 23.1. The van der Waals surface area contributed by atoms with E-state index >= 15 is 0 Å². The summed E-state index contributed by atoms with van der Waals surface area (Å²) in [6.45, 7) is 6.02. The van der Waals surface area contributed by atoms with Gasteiger partial charge in [0.1, 0.15) is 12.1 Å². The number of piperazine rings is 1. The first-order chi connectivity index (χ1) is 9.56. The topological polar surface area (TPSA) is 75.4 Å². The first-order valence-electron chi connectivity index (χ1n) is 7.09. The lowest BCUT2D eigenvalue weighted by atomic mass is 10.0. The molecule has 6 heteroatoms. The van der Waals surface area contributed by atoms with E-state index in [-0.39, 0.29) is 11.8 Å². The SMILES string of the molecule is CCCC1NC(=O)C(CC)N(Cc2cc(C)no2)C1=O. The van der Waals surface area contributed by atoms with Gasteiger partial charge in [-0.2, -0.15) is 0 Å². The molecule has 0 aromatic carbocycles. The zero-order valence-electron chi connectivity index (χ0n) is 12.2. The average molecular weight is 279 g/mol. The van der Waals surface area contributed by atoms with Crippen LogP contribution in [0.1, 0.15) is 44.6 Å². The Hall–Kier alpha value is -1.85. The molecule has 2 rings (SSSR count). The van der Waals surface area contributed by atoms with E-state index in [0.29, 0.717) is 25.1 Å². The molecule has 1 aliphatic heterocycles. The predicted molar refractivity (Wildman–Crippen MR) is 72.7 cm³/mol. The van der Waals surface area contributed by atoms with Crippen molar-refractivity contribution in [2.24, 2.45) is 0 Å². The summed E-state index contributed by atoms with van der Waals surface area (Å²) in [6.07, 6.45) is 2.10. The molecule has 20 heavy (non-hydrogen) atoms. The van der Waals surface area contributed by atoms with Crippen LogP contribution in [0.4, 0.5) is 0 Å². The van der Waals surface area contributed by atoms with E-state index in [4.69, 9.17) is 4.52 Å². The fourth-order valence-corrected chi connectivity index (χ4v) is 2.56. The number of amides is 2. The molecule has 1 fully saturated rings. The van der Waals surface area contributed by atoms with Crippen LogP contribution in [0.25, 0.3) is 0 Å². The fourth-order valence-electron chi connectivity index (χ4n) is 2.56. The van der Waals surface area contributed by atoms with Gasteiger partial charge in [0.15, 0.2) is 5.76 Å². The molecule has 1 aromatic heterocycles. The monoisotopic (exact) mass is 279 g/mol. The quantitative estimate of drug-likeness (QED) is 0.883. The van der Waals surface area contributed by atoms with Gasteiger partial charge in [-0.25, -0.2) is 0 Å². The van der Waals surface area contributed by atoms with Crippen LogP contribution in [0.15, 0.2) is 10.6 Å². The minimum Gasteiger partial charge on any atom is -0.359 e. The Morgan fingerprint density at radius 2 is 2.15 bits per heavy atom. The van der Waals surface area contributed by atoms with Crippen LogP contribution in [0.5, 0.6) is 0 Å². The molecule has 6 nitrogen and oxygen atoms in total. The highest BCUT2D eigenvalue weighted by atomic mass is 16.5. The number of nitrogens with zero attached hydrogens (tertiary/aromatic N) is 2. The Kier molecular flexibility index (Phi) is 4.42. The summed E-state index contributed by atoms with van der Waals surface area (Å²) in [5, 5.41) is 6.63. The first-order valence-corrected chi connectivity index (χ1v) is 7.09. The van der Waals surface area contributed by atoms with E-state index in [1.807, 2.05) is 20.8 Å². The van der Waals surface area contributed by atoms with Gasteiger partial charge in [-0.05, 0) is 19.8 Å². The number of rotatable bonds is 5. The molecular formula is C14H21N3O3. The summed E-state index contributed by atoms with van der Waals surface area (Å²) in [6, 6.07) is 0.946. The molecule has 0 spiro atoms. The van der Waals surface area contributed by atoms with Gasteiger partial charge >= 0.3 is 0 Å². The number of nitrogens with one attached hydrogen (secondary N) is 1. The lowest BCUT2D eigenvalue weighted by Gasteiger charge is -2.38. The van der Waals surface area contributed by atoms with Crippen molar-refractivity contribution in [3.63, 3.8) is 0 Å². The summed E-state index contributed by atoms with van der Waals surface area (Å²) in [5.41, 5.74) is 0.770. The highest BCUT2D eigenvalue weighted by Crippen LogP contribution is 2.19. The van der Waals surface area contributed by atoms with Crippen molar-refractivity contribution in [1.29, 1.82) is 0 Å². The molecule has 1 aromatic rings. The van der Waals surface area contributed by atoms with Crippen molar-refractivity contribution >= 4 is 11.8 Å². The van der Waals surface area contributed by atoms with Gasteiger partial charge in [-0.3, -0.25) is 9.59 Å². The molecule has 2 heterocycles. The van der Waals surface area contributed by atoms with Crippen molar-refractivity contribution in [2.45, 2.75) is 58.7 Å². The van der Waals surface area contributed by atoms with Gasteiger partial charge in [0.25, 0.3) is 0 Å². The largest absolute Gasteiger partial charge is 0.359 e. The van der Waals surface area contributed by atoms with Crippen LogP contribution in [0, 0.1) is 6.92 Å². The van der Waals surface area contributed by atoms with Gasteiger partial charge in [-0.15, -0.1) is 0 Å². The summed E-state index contributed by atoms with van der Waals surface area (Å²) < 4.78 is 5.16. The van der Waals surface area contributed by atoms with Crippen molar-refractivity contribution in [1.82, 2.24) is 15.4 Å². The third-order valence-corrected chi connectivity index (χ3v) is 3.54. The molecule has 0 saturated carbocycles. The van der Waals surface area contributed by atoms with E-state index in [9.17, 15) is 9.59 Å². The summed E-state index contributed by atoms with van der Waals surface area (Å²) in [5.74, 6) is 0.494. The number of carbonyl (C=O) groups is 2. The van der Waals surface area contributed by atoms with Crippen molar-refractivity contribution in [3.8, 4) is 0 Å². The zero-order valence-corrected chi connectivity index (χ0v) is 12.2. The van der Waals surface area contributed by atoms with E-state index in [1.54, 1.807) is 11.0 Å². The van der Waals surface area contributed by atoms with Crippen LogP contribution in [-0.2, 0) is 16.1 Å². The highest BCUT2D eigenvalue weighted by Gasteiger charge is 2.39. The highest BCUT2D eigenvalue weighted by molar-refractivity contribution is 5.96. The van der Waals surface area contributed by atoms with Crippen LogP contribution in [0.2, 0.25) is 0 Å². The van der Waals surface area contributed by atoms with Crippen molar-refractivity contribution in [3.05, 3.63) is 17.5 Å². The molecule has 0 aliphatic carbocycles. The third-order valence-electron chi connectivity index (χ3n) is 3.54. The third kappa shape index (κ3) is 2.84. The van der Waals surface area contributed by atoms with Crippen LogP contribution >= 0.6 is 0 Å². The summed E-state index contributed by atoms with van der Waals surface area (Å²) in [7, 11) is 0. The maximum atomic E-state index is 12.5. The van der Waals surface area contributed by atoms with E-state index in [0.717, 1.165) is 12.1 Å². The van der Waals surface area contributed by atoms with Gasteiger partial charge in [0, 0.05) is 6.07 Å². The second kappa shape index (κ2) is 6.07. The number of aromatic nitrogens is 1. The lowest BCUT2D eigenvalue weighted by Crippen LogP contribution is -2.62. The van der Waals surface area contributed by atoms with E-state index in [2.05, 4.69) is 10.5 Å². The second-order valence-corrected chi connectivity index (χ2v) is 5.17. The predicted octanol–water partition coefficient (Wildman–Crippen LogP) is 1.39. The Bertz CT molecular complexity index is 498. The fraction of sp³-hybridized carbons (Fsp3) is 0.643. The minimum atomic E-state index is -0.430. The van der Waals surface area contributed by atoms with Crippen LogP contribution < -0.4 is 5.32 Å². The maximum absolute atomic E-state index is 12.5. The molecule has 1 aliphatic rings. The maximum Gasteiger partial charge on any atom is 0.246 e. The molecular weight excluding hydrogens is 258 g/mol. The Morgan fingerprint density at radius 1 is 1.40 bits per heavy atom. The van der Waals surface area contributed by atoms with Gasteiger partial charge < -0.3 is 14.7 Å². The molecule has 2 atom stereocenters. The second-order valence-electron chi connectivity index (χ2n) is 5.17. The van der Waals surface area contributed by atoms with E-state index < -0.39 is 12.1 Å². The smallest absolute Gasteiger partial charge is 0.246 e. The standard InChI is InChI=1S/C14H21N3O3/c1-4-6-11-14(19)17(12(5-2)13(18)15-11)8-10-7-9(3)16-20-10/h7,11-12H,4-6,8H2,1-3H3,(H,15,18). The molecule has 1 N–H and O–H groups in total. The van der Waals surface area contributed by atoms with Crippen molar-refractivity contribution in [2.75, 3.05) is 0 Å².